The van der Waals surface area contributed by atoms with E-state index in [1.807, 2.05) is 12.1 Å². The molecule has 2 aliphatic rings. The molecule has 2 aliphatic carbocycles. The topological polar surface area (TPSA) is 39.4 Å². The second-order valence-electron chi connectivity index (χ2n) is 10.5. The van der Waals surface area contributed by atoms with E-state index in [0.717, 1.165) is 37.9 Å². The van der Waals surface area contributed by atoms with Crippen LogP contribution >= 0.6 is 0 Å². The van der Waals surface area contributed by atoms with Crippen molar-refractivity contribution in [3.63, 3.8) is 0 Å². The molecule has 4 atom stereocenters. The minimum Gasteiger partial charge on any atom is -0.450 e. The van der Waals surface area contributed by atoms with Gasteiger partial charge in [-0.05, 0) is 88.6 Å². The zero-order valence-corrected chi connectivity index (χ0v) is 19.6. The Morgan fingerprint density at radius 1 is 1.29 bits per heavy atom. The zero-order chi connectivity index (χ0) is 20.7. The van der Waals surface area contributed by atoms with Crippen molar-refractivity contribution in [1.29, 1.82) is 0 Å². The number of carbonyl (C=O) groups is 1. The molecule has 1 aromatic heterocycles. The van der Waals surface area contributed by atoms with Gasteiger partial charge >= 0.3 is 0 Å². The Balaban J connectivity index is 1.72. The lowest BCUT2D eigenvalue weighted by Gasteiger charge is -2.41. The van der Waals surface area contributed by atoms with Crippen LogP contribution in [0.5, 0.6) is 0 Å². The molecule has 0 spiro atoms. The summed E-state index contributed by atoms with van der Waals surface area (Å²) in [5, 5.41) is 0. The molecule has 0 amide bonds. The minimum atomic E-state index is -1.67. The molecule has 28 heavy (non-hydrogen) atoms. The van der Waals surface area contributed by atoms with Crippen molar-refractivity contribution in [2.45, 2.75) is 85.0 Å². The van der Waals surface area contributed by atoms with Crippen molar-refractivity contribution in [2.24, 2.45) is 23.2 Å². The third-order valence-corrected chi connectivity index (χ3v) is 7.85. The molecule has 154 valence electrons. The molecule has 3 rings (SSSR count). The smallest absolute Gasteiger partial charge is 0.185 e. The van der Waals surface area contributed by atoms with Gasteiger partial charge in [0.05, 0.1) is 0 Å². The summed E-state index contributed by atoms with van der Waals surface area (Å²) in [6.07, 6.45) is 5.13. The maximum Gasteiger partial charge on any atom is 0.185 e. The van der Waals surface area contributed by atoms with Crippen LogP contribution in [0.4, 0.5) is 0 Å². The van der Waals surface area contributed by atoms with Crippen molar-refractivity contribution >= 4 is 14.1 Å². The van der Waals surface area contributed by atoms with Gasteiger partial charge in [-0.15, -0.1) is 0 Å². The first-order valence-corrected chi connectivity index (χ1v) is 14.2. The quantitative estimate of drug-likeness (QED) is 0.450. The first-order chi connectivity index (χ1) is 12.9. The molecule has 0 saturated heterocycles. The number of hydrogen-bond donors (Lipinski definition) is 0. The van der Waals surface area contributed by atoms with Crippen LogP contribution in [0.2, 0.25) is 19.6 Å². The molecular formula is C24H36O3Si. The predicted molar refractivity (Wildman–Crippen MR) is 115 cm³/mol. The van der Waals surface area contributed by atoms with Gasteiger partial charge in [0.25, 0.3) is 0 Å². The normalized spacial score (nSPS) is 29.2. The first-order valence-electron chi connectivity index (χ1n) is 10.8. The Morgan fingerprint density at radius 2 is 2.00 bits per heavy atom. The molecule has 2 unspecified atom stereocenters. The minimum absolute atomic E-state index is 0.130. The van der Waals surface area contributed by atoms with Crippen LogP contribution in [-0.2, 0) is 14.8 Å². The molecular weight excluding hydrogens is 364 g/mol. The van der Waals surface area contributed by atoms with E-state index in [1.165, 1.54) is 0 Å². The number of rotatable bonds is 4. The summed E-state index contributed by atoms with van der Waals surface area (Å²) in [6, 6.07) is 3.94. The average molecular weight is 401 g/mol. The van der Waals surface area contributed by atoms with E-state index >= 15 is 0 Å². The van der Waals surface area contributed by atoms with Gasteiger partial charge in [-0.25, -0.2) is 0 Å². The number of fused-ring (bicyclic) bond motifs is 1. The van der Waals surface area contributed by atoms with E-state index in [9.17, 15) is 4.79 Å². The van der Waals surface area contributed by atoms with E-state index in [0.29, 0.717) is 17.5 Å². The van der Waals surface area contributed by atoms with Crippen molar-refractivity contribution < 1.29 is 13.6 Å². The fourth-order valence-electron chi connectivity index (χ4n) is 5.62. The van der Waals surface area contributed by atoms with Gasteiger partial charge in [0.1, 0.15) is 17.1 Å². The Labute approximate surface area is 171 Å². The maximum absolute atomic E-state index is 12.4. The first kappa shape index (κ1) is 21.4. The fourth-order valence-corrected chi connectivity index (χ4v) is 7.25. The highest BCUT2D eigenvalue weighted by Gasteiger charge is 2.52. The van der Waals surface area contributed by atoms with E-state index < -0.39 is 13.9 Å². The summed E-state index contributed by atoms with van der Waals surface area (Å²) >= 11 is 0. The van der Waals surface area contributed by atoms with Gasteiger partial charge in [-0.2, -0.15) is 0 Å². The highest BCUT2D eigenvalue weighted by molar-refractivity contribution is 6.69. The lowest BCUT2D eigenvalue weighted by molar-refractivity contribution is -0.129. The number of Topliss-reactive ketones (excluding diaryl/α,β-unsaturated/α-hetero) is 1. The molecule has 4 heteroatoms. The largest absolute Gasteiger partial charge is 0.450 e. The van der Waals surface area contributed by atoms with Gasteiger partial charge in [0, 0.05) is 18.3 Å². The highest BCUT2D eigenvalue weighted by Crippen LogP contribution is 2.56. The fraction of sp³-hybridized carbons (Fsp3) is 0.708. The van der Waals surface area contributed by atoms with Gasteiger partial charge < -0.3 is 8.84 Å². The van der Waals surface area contributed by atoms with E-state index in [1.54, 1.807) is 0 Å². The van der Waals surface area contributed by atoms with Crippen molar-refractivity contribution in [3.8, 4) is 11.8 Å². The summed E-state index contributed by atoms with van der Waals surface area (Å²) < 4.78 is 12.3. The second-order valence-corrected chi connectivity index (χ2v) is 14.9. The van der Waals surface area contributed by atoms with Crippen LogP contribution in [0.25, 0.3) is 0 Å². The van der Waals surface area contributed by atoms with Crippen molar-refractivity contribution in [1.82, 2.24) is 0 Å². The summed E-state index contributed by atoms with van der Waals surface area (Å²) in [4.78, 5) is 12.4. The maximum atomic E-state index is 12.4. The molecule has 2 saturated carbocycles. The number of furan rings is 1. The number of carbonyl (C=O) groups excluding carboxylic acids is 1. The standard InChI is InChI=1S/C24H36O3Si/c1-17(19-13-14-20-21(25)9-8-16-24(19,20)4)10-11-18-12-15-22(26-18)23(2,3)27-28(5,6)7/h12,15,17,19-20H,8-9,13-14,16H2,1-7H3/t17-,19?,20?,24-/m1/s1. The van der Waals surface area contributed by atoms with Crippen molar-refractivity contribution in [2.75, 3.05) is 0 Å². The Kier molecular flexibility index (Phi) is 5.73. The van der Waals surface area contributed by atoms with Gasteiger partial charge in [-0.1, -0.05) is 19.8 Å². The van der Waals surface area contributed by atoms with Crippen LogP contribution in [0, 0.1) is 35.0 Å². The lowest BCUT2D eigenvalue weighted by Crippen LogP contribution is -2.39. The van der Waals surface area contributed by atoms with E-state index in [4.69, 9.17) is 8.84 Å². The van der Waals surface area contributed by atoms with Gasteiger partial charge in [0.15, 0.2) is 14.1 Å². The molecule has 1 aromatic rings. The molecule has 0 aromatic carbocycles. The summed E-state index contributed by atoms with van der Waals surface area (Å²) in [7, 11) is -1.67. The average Bonchev–Trinajstić information content (AvgIpc) is 3.15. The lowest BCUT2D eigenvalue weighted by atomic mass is 9.62. The molecule has 3 nitrogen and oxygen atoms in total. The molecule has 0 aliphatic heterocycles. The number of hydrogen-bond acceptors (Lipinski definition) is 3. The van der Waals surface area contributed by atoms with E-state index in [-0.39, 0.29) is 17.3 Å². The van der Waals surface area contributed by atoms with E-state index in [2.05, 4.69) is 59.2 Å². The Bertz CT molecular complexity index is 789. The molecule has 2 fully saturated rings. The Hall–Kier alpha value is -1.31. The SMILES string of the molecule is C[C@H](C#Cc1ccc(C(C)(C)O[Si](C)(C)C)o1)C1CCC2C(=O)CCC[C@@]21C. The molecule has 0 radical (unpaired) electrons. The van der Waals surface area contributed by atoms with Crippen LogP contribution < -0.4 is 0 Å². The molecule has 0 bridgehead atoms. The third-order valence-electron chi connectivity index (χ3n) is 6.72. The third kappa shape index (κ3) is 4.31. The zero-order valence-electron chi connectivity index (χ0n) is 18.6. The van der Waals surface area contributed by atoms with Gasteiger partial charge in [0.2, 0.25) is 0 Å². The predicted octanol–water partition coefficient (Wildman–Crippen LogP) is 6.14. The van der Waals surface area contributed by atoms with Crippen molar-refractivity contribution in [3.05, 3.63) is 23.7 Å². The van der Waals surface area contributed by atoms with Gasteiger partial charge in [-0.3, -0.25) is 4.79 Å². The monoisotopic (exact) mass is 400 g/mol. The Morgan fingerprint density at radius 3 is 2.68 bits per heavy atom. The van der Waals surface area contributed by atoms with Crippen LogP contribution in [0.1, 0.15) is 71.3 Å². The second kappa shape index (κ2) is 7.50. The molecule has 1 heterocycles. The van der Waals surface area contributed by atoms with Crippen LogP contribution in [0.3, 0.4) is 0 Å². The summed E-state index contributed by atoms with van der Waals surface area (Å²) in [5.74, 6) is 9.73. The van der Waals surface area contributed by atoms with Crippen LogP contribution in [0.15, 0.2) is 16.5 Å². The molecule has 0 N–H and O–H groups in total. The highest BCUT2D eigenvalue weighted by atomic mass is 28.4. The summed E-state index contributed by atoms with van der Waals surface area (Å²) in [6.45, 7) is 15.2. The summed E-state index contributed by atoms with van der Waals surface area (Å²) in [5.41, 5.74) is -0.310. The number of ketones is 1. The van der Waals surface area contributed by atoms with Crippen LogP contribution in [-0.4, -0.2) is 14.1 Å².